The van der Waals surface area contributed by atoms with Crippen molar-refractivity contribution in [3.8, 4) is 0 Å². The van der Waals surface area contributed by atoms with Crippen LogP contribution in [0.1, 0.15) is 33.6 Å². The van der Waals surface area contributed by atoms with E-state index >= 15 is 0 Å². The van der Waals surface area contributed by atoms with Gasteiger partial charge in [-0.2, -0.15) is 0 Å². The van der Waals surface area contributed by atoms with Crippen molar-refractivity contribution in [2.75, 3.05) is 32.4 Å². The number of sulfone groups is 1. The van der Waals surface area contributed by atoms with Crippen LogP contribution < -0.4 is 5.32 Å². The lowest BCUT2D eigenvalue weighted by molar-refractivity contribution is 0.119. The molecule has 18 heavy (non-hydrogen) atoms. The van der Waals surface area contributed by atoms with E-state index in [9.17, 15) is 8.42 Å². The average molecular weight is 274 g/mol. The molecule has 0 bridgehead atoms. The van der Waals surface area contributed by atoms with Gasteiger partial charge in [-0.05, 0) is 39.5 Å². The van der Waals surface area contributed by atoms with Crippen molar-refractivity contribution < 1.29 is 8.42 Å². The minimum atomic E-state index is -3.01. The fraction of sp³-hybridized carbons (Fsp3) is 1.00. The first kappa shape index (κ1) is 14.3. The molecule has 4 nitrogen and oxygen atoms in total. The maximum Gasteiger partial charge on any atom is 0.153 e. The Morgan fingerprint density at radius 2 is 2.00 bits per heavy atom. The molecule has 0 spiro atoms. The lowest BCUT2D eigenvalue weighted by Crippen LogP contribution is -2.62. The third kappa shape index (κ3) is 2.89. The zero-order valence-corrected chi connectivity index (χ0v) is 12.8. The van der Waals surface area contributed by atoms with E-state index < -0.39 is 14.6 Å². The van der Waals surface area contributed by atoms with Crippen molar-refractivity contribution in [1.82, 2.24) is 10.2 Å². The number of hydrogen-bond donors (Lipinski definition) is 1. The SMILES string of the molecule is CC1(C2CC2)CN(CC(C)(C)S(C)(=O)=O)CCN1. The Labute approximate surface area is 111 Å². The molecule has 1 saturated carbocycles. The first-order valence-electron chi connectivity index (χ1n) is 6.81. The molecule has 2 aliphatic rings. The summed E-state index contributed by atoms with van der Waals surface area (Å²) in [6, 6.07) is 0. The molecule has 106 valence electrons. The van der Waals surface area contributed by atoms with Gasteiger partial charge in [0, 0.05) is 38.0 Å². The van der Waals surface area contributed by atoms with Gasteiger partial charge in [0.2, 0.25) is 0 Å². The van der Waals surface area contributed by atoms with Crippen molar-refractivity contribution in [1.29, 1.82) is 0 Å². The molecule has 1 unspecified atom stereocenters. The maximum atomic E-state index is 11.8. The predicted molar refractivity (Wildman–Crippen MR) is 74.5 cm³/mol. The fourth-order valence-electron chi connectivity index (χ4n) is 2.88. The van der Waals surface area contributed by atoms with E-state index in [0.717, 1.165) is 25.6 Å². The van der Waals surface area contributed by atoms with Gasteiger partial charge in [0.05, 0.1) is 4.75 Å². The summed E-state index contributed by atoms with van der Waals surface area (Å²) in [6.45, 7) is 9.46. The Morgan fingerprint density at radius 3 is 2.50 bits per heavy atom. The standard InChI is InChI=1S/C13H26N2O2S/c1-12(2,18(4,16)17)9-15-8-7-14-13(3,10-15)11-5-6-11/h11,14H,5-10H2,1-4H3. The zero-order valence-electron chi connectivity index (χ0n) is 12.0. The first-order chi connectivity index (χ1) is 8.14. The van der Waals surface area contributed by atoms with Crippen molar-refractivity contribution in [3.05, 3.63) is 0 Å². The van der Waals surface area contributed by atoms with Crippen molar-refractivity contribution in [3.63, 3.8) is 0 Å². The van der Waals surface area contributed by atoms with Crippen LogP contribution in [0.4, 0.5) is 0 Å². The molecule has 2 rings (SSSR count). The summed E-state index contributed by atoms with van der Waals surface area (Å²) in [5.74, 6) is 0.779. The van der Waals surface area contributed by atoms with Gasteiger partial charge in [-0.3, -0.25) is 4.90 Å². The highest BCUT2D eigenvalue weighted by molar-refractivity contribution is 7.92. The summed E-state index contributed by atoms with van der Waals surface area (Å²) in [6.07, 6.45) is 3.97. The van der Waals surface area contributed by atoms with E-state index in [2.05, 4.69) is 17.1 Å². The quantitative estimate of drug-likeness (QED) is 0.827. The van der Waals surface area contributed by atoms with Gasteiger partial charge < -0.3 is 5.32 Å². The third-order valence-electron chi connectivity index (χ3n) is 4.60. The van der Waals surface area contributed by atoms with Crippen LogP contribution >= 0.6 is 0 Å². The highest BCUT2D eigenvalue weighted by Gasteiger charge is 2.45. The van der Waals surface area contributed by atoms with Crippen LogP contribution in [0, 0.1) is 5.92 Å². The molecule has 1 atom stereocenters. The Kier molecular flexibility index (Phi) is 3.54. The molecule has 0 aromatic carbocycles. The van der Waals surface area contributed by atoms with Crippen molar-refractivity contribution in [2.45, 2.75) is 43.9 Å². The third-order valence-corrected chi connectivity index (χ3v) is 6.73. The van der Waals surface area contributed by atoms with Crippen LogP contribution in [0.15, 0.2) is 0 Å². The number of hydrogen-bond acceptors (Lipinski definition) is 4. The normalized spacial score (nSPS) is 31.6. The minimum Gasteiger partial charge on any atom is -0.309 e. The molecule has 0 amide bonds. The summed E-state index contributed by atoms with van der Waals surface area (Å²) < 4.78 is 22.9. The molecule has 1 aliphatic carbocycles. The zero-order chi connectivity index (χ0) is 13.6. The van der Waals surface area contributed by atoms with E-state index in [1.54, 1.807) is 0 Å². The molecule has 0 aromatic heterocycles. The monoisotopic (exact) mass is 274 g/mol. The average Bonchev–Trinajstić information content (AvgIpc) is 2.97. The Morgan fingerprint density at radius 1 is 1.39 bits per heavy atom. The van der Waals surface area contributed by atoms with E-state index in [-0.39, 0.29) is 5.54 Å². The lowest BCUT2D eigenvalue weighted by atomic mass is 9.92. The van der Waals surface area contributed by atoms with Crippen LogP contribution in [0.2, 0.25) is 0 Å². The van der Waals surface area contributed by atoms with Gasteiger partial charge in [-0.15, -0.1) is 0 Å². The molecule has 5 heteroatoms. The van der Waals surface area contributed by atoms with Gasteiger partial charge in [-0.1, -0.05) is 0 Å². The Balaban J connectivity index is 2.02. The Bertz CT molecular complexity index is 415. The van der Waals surface area contributed by atoms with Crippen LogP contribution in [-0.2, 0) is 9.84 Å². The van der Waals surface area contributed by atoms with Crippen molar-refractivity contribution >= 4 is 9.84 Å². The molecular formula is C13H26N2O2S. The van der Waals surface area contributed by atoms with Crippen LogP contribution in [0.3, 0.4) is 0 Å². The molecule has 0 aromatic rings. The van der Waals surface area contributed by atoms with Gasteiger partial charge >= 0.3 is 0 Å². The topological polar surface area (TPSA) is 49.4 Å². The second-order valence-electron chi connectivity index (χ2n) is 6.86. The number of piperazine rings is 1. The van der Waals surface area contributed by atoms with Crippen LogP contribution in [-0.4, -0.2) is 56.0 Å². The largest absolute Gasteiger partial charge is 0.309 e. The highest BCUT2D eigenvalue weighted by atomic mass is 32.2. The minimum absolute atomic E-state index is 0.186. The van der Waals surface area contributed by atoms with Crippen LogP contribution in [0.5, 0.6) is 0 Å². The van der Waals surface area contributed by atoms with Gasteiger partial charge in [-0.25, -0.2) is 8.42 Å². The summed E-state index contributed by atoms with van der Waals surface area (Å²) in [5.41, 5.74) is 0.186. The molecule has 1 aliphatic heterocycles. The molecule has 0 radical (unpaired) electrons. The van der Waals surface area contributed by atoms with Gasteiger partial charge in [0.15, 0.2) is 9.84 Å². The number of rotatable bonds is 4. The van der Waals surface area contributed by atoms with Gasteiger partial charge in [0.25, 0.3) is 0 Å². The van der Waals surface area contributed by atoms with E-state index in [0.29, 0.717) is 6.54 Å². The number of nitrogens with zero attached hydrogens (tertiary/aromatic N) is 1. The second kappa shape index (κ2) is 4.46. The molecule has 2 fully saturated rings. The predicted octanol–water partition coefficient (Wildman–Crippen LogP) is 0.884. The molecule has 1 heterocycles. The fourth-order valence-corrected chi connectivity index (χ4v) is 3.30. The first-order valence-corrected chi connectivity index (χ1v) is 8.70. The van der Waals surface area contributed by atoms with E-state index in [1.807, 2.05) is 13.8 Å². The highest BCUT2D eigenvalue weighted by Crippen LogP contribution is 2.41. The Hall–Kier alpha value is -0.130. The second-order valence-corrected chi connectivity index (χ2v) is 9.51. The van der Waals surface area contributed by atoms with Crippen LogP contribution in [0.25, 0.3) is 0 Å². The summed E-state index contributed by atoms with van der Waals surface area (Å²) in [7, 11) is -3.01. The molecular weight excluding hydrogens is 248 g/mol. The molecule has 1 saturated heterocycles. The van der Waals surface area contributed by atoms with Crippen molar-refractivity contribution in [2.24, 2.45) is 5.92 Å². The molecule has 1 N–H and O–H groups in total. The van der Waals surface area contributed by atoms with E-state index in [4.69, 9.17) is 0 Å². The van der Waals surface area contributed by atoms with E-state index in [1.165, 1.54) is 19.1 Å². The maximum absolute atomic E-state index is 11.8. The number of nitrogens with one attached hydrogen (secondary N) is 1. The summed E-state index contributed by atoms with van der Waals surface area (Å²) in [4.78, 5) is 2.32. The summed E-state index contributed by atoms with van der Waals surface area (Å²) in [5, 5.41) is 3.62. The smallest absolute Gasteiger partial charge is 0.153 e. The lowest BCUT2D eigenvalue weighted by Gasteiger charge is -2.44. The summed E-state index contributed by atoms with van der Waals surface area (Å²) >= 11 is 0. The van der Waals surface area contributed by atoms with Gasteiger partial charge in [0.1, 0.15) is 0 Å².